The fraction of sp³-hybridized carbons (Fsp3) is 0. The molecule has 0 unspecified atom stereocenters. The molecule has 0 saturated carbocycles. The van der Waals surface area contributed by atoms with E-state index < -0.39 is 4.92 Å². The van der Waals surface area contributed by atoms with Crippen molar-refractivity contribution >= 4 is 22.8 Å². The minimum Gasteiger partial charge on any atom is -0.383 e. The molecule has 0 amide bonds. The Labute approximate surface area is 124 Å². The molecule has 0 fully saturated rings. The standard InChI is InChI=1S/C14H10N4O2S/c15-13-11(5-2-6-16-13)14-17-12(8-21-14)9-3-1-4-10(7-9)18(19)20/h1-8H,(H2,15,16). The number of benzene rings is 1. The number of rotatable bonds is 3. The van der Waals surface area contributed by atoms with Crippen LogP contribution in [0.15, 0.2) is 48.0 Å². The summed E-state index contributed by atoms with van der Waals surface area (Å²) in [6, 6.07) is 10.0. The Hall–Kier alpha value is -2.80. The predicted molar refractivity (Wildman–Crippen MR) is 81.8 cm³/mol. The van der Waals surface area contributed by atoms with Gasteiger partial charge >= 0.3 is 0 Å². The van der Waals surface area contributed by atoms with Crippen molar-refractivity contribution in [3.05, 3.63) is 58.1 Å². The van der Waals surface area contributed by atoms with Crippen LogP contribution in [0, 0.1) is 10.1 Å². The van der Waals surface area contributed by atoms with Gasteiger partial charge in [0.2, 0.25) is 0 Å². The number of nitrogens with zero attached hydrogens (tertiary/aromatic N) is 3. The summed E-state index contributed by atoms with van der Waals surface area (Å²) in [5, 5.41) is 13.4. The first-order valence-corrected chi connectivity index (χ1v) is 6.94. The van der Waals surface area contributed by atoms with Crippen LogP contribution in [0.4, 0.5) is 11.5 Å². The van der Waals surface area contributed by atoms with Crippen molar-refractivity contribution in [3.8, 4) is 21.8 Å². The molecule has 1 aromatic carbocycles. The molecule has 0 spiro atoms. The van der Waals surface area contributed by atoms with Crippen molar-refractivity contribution in [2.24, 2.45) is 0 Å². The zero-order valence-corrected chi connectivity index (χ0v) is 11.6. The SMILES string of the molecule is Nc1ncccc1-c1nc(-c2cccc([N+](=O)[O-])c2)cs1. The van der Waals surface area contributed by atoms with E-state index >= 15 is 0 Å². The summed E-state index contributed by atoms with van der Waals surface area (Å²) in [5.41, 5.74) is 8.02. The minimum absolute atomic E-state index is 0.0444. The van der Waals surface area contributed by atoms with Crippen molar-refractivity contribution in [3.63, 3.8) is 0 Å². The van der Waals surface area contributed by atoms with Gasteiger partial charge in [-0.1, -0.05) is 12.1 Å². The lowest BCUT2D eigenvalue weighted by molar-refractivity contribution is -0.384. The normalized spacial score (nSPS) is 10.5. The number of hydrogen-bond donors (Lipinski definition) is 1. The second-order valence-corrected chi connectivity index (χ2v) is 5.14. The lowest BCUT2D eigenvalue weighted by atomic mass is 10.1. The van der Waals surface area contributed by atoms with Crippen LogP contribution in [0.2, 0.25) is 0 Å². The van der Waals surface area contributed by atoms with Gasteiger partial charge in [0.25, 0.3) is 5.69 Å². The summed E-state index contributed by atoms with van der Waals surface area (Å²) in [7, 11) is 0. The number of non-ortho nitro benzene ring substituents is 1. The number of pyridine rings is 1. The molecule has 2 N–H and O–H groups in total. The first-order valence-electron chi connectivity index (χ1n) is 6.06. The van der Waals surface area contributed by atoms with Crippen LogP contribution in [0.5, 0.6) is 0 Å². The fourth-order valence-corrected chi connectivity index (χ4v) is 2.77. The lowest BCUT2D eigenvalue weighted by Gasteiger charge is -1.99. The van der Waals surface area contributed by atoms with Gasteiger partial charge in [-0.05, 0) is 12.1 Å². The Bertz CT molecular complexity index is 816. The Morgan fingerprint density at radius 3 is 2.86 bits per heavy atom. The van der Waals surface area contributed by atoms with Crippen molar-refractivity contribution in [2.45, 2.75) is 0 Å². The molecule has 0 aliphatic carbocycles. The molecule has 0 saturated heterocycles. The van der Waals surface area contributed by atoms with E-state index in [4.69, 9.17) is 5.73 Å². The van der Waals surface area contributed by atoms with E-state index in [1.54, 1.807) is 24.4 Å². The monoisotopic (exact) mass is 298 g/mol. The quantitative estimate of drug-likeness (QED) is 0.591. The molecule has 0 radical (unpaired) electrons. The number of nitrogen functional groups attached to an aromatic ring is 1. The third-order valence-corrected chi connectivity index (χ3v) is 3.80. The van der Waals surface area contributed by atoms with Crippen molar-refractivity contribution in [1.82, 2.24) is 9.97 Å². The van der Waals surface area contributed by atoms with Gasteiger partial charge in [0.1, 0.15) is 10.8 Å². The summed E-state index contributed by atoms with van der Waals surface area (Å²) in [4.78, 5) is 18.9. The summed E-state index contributed by atoms with van der Waals surface area (Å²) in [5.74, 6) is 0.414. The topological polar surface area (TPSA) is 94.9 Å². The third-order valence-electron chi connectivity index (χ3n) is 2.93. The summed E-state index contributed by atoms with van der Waals surface area (Å²) < 4.78 is 0. The average molecular weight is 298 g/mol. The molecular weight excluding hydrogens is 288 g/mol. The van der Waals surface area contributed by atoms with Gasteiger partial charge < -0.3 is 5.73 Å². The maximum Gasteiger partial charge on any atom is 0.270 e. The largest absolute Gasteiger partial charge is 0.383 e. The second kappa shape index (κ2) is 5.29. The number of nitrogens with two attached hydrogens (primary N) is 1. The van der Waals surface area contributed by atoms with E-state index in [0.717, 1.165) is 10.6 Å². The third kappa shape index (κ3) is 2.59. The van der Waals surface area contributed by atoms with Gasteiger partial charge in [-0.25, -0.2) is 9.97 Å². The number of aromatic nitrogens is 2. The molecule has 2 aromatic heterocycles. The Morgan fingerprint density at radius 2 is 2.10 bits per heavy atom. The highest BCUT2D eigenvalue weighted by atomic mass is 32.1. The van der Waals surface area contributed by atoms with Crippen LogP contribution in [-0.2, 0) is 0 Å². The second-order valence-electron chi connectivity index (χ2n) is 4.28. The summed E-state index contributed by atoms with van der Waals surface area (Å²) in [6.45, 7) is 0. The van der Waals surface area contributed by atoms with E-state index in [-0.39, 0.29) is 5.69 Å². The molecular formula is C14H10N4O2S. The molecule has 104 valence electrons. The number of thiazole rings is 1. The predicted octanol–water partition coefficient (Wildman–Crippen LogP) is 3.36. The van der Waals surface area contributed by atoms with Gasteiger partial charge in [0, 0.05) is 29.3 Å². The van der Waals surface area contributed by atoms with Crippen LogP contribution in [0.3, 0.4) is 0 Å². The van der Waals surface area contributed by atoms with Gasteiger partial charge in [0.15, 0.2) is 0 Å². The fourth-order valence-electron chi connectivity index (χ4n) is 1.91. The van der Waals surface area contributed by atoms with Crippen molar-refractivity contribution in [2.75, 3.05) is 5.73 Å². The molecule has 3 aromatic rings. The summed E-state index contributed by atoms with van der Waals surface area (Å²) >= 11 is 1.42. The van der Waals surface area contributed by atoms with Gasteiger partial charge in [-0.2, -0.15) is 0 Å². The van der Waals surface area contributed by atoms with E-state index in [1.807, 2.05) is 11.4 Å². The van der Waals surface area contributed by atoms with E-state index in [2.05, 4.69) is 9.97 Å². The number of nitro groups is 1. The number of nitro benzene ring substituents is 1. The molecule has 21 heavy (non-hydrogen) atoms. The first kappa shape index (κ1) is 13.2. The molecule has 2 heterocycles. The average Bonchev–Trinajstić information content (AvgIpc) is 2.97. The van der Waals surface area contributed by atoms with Gasteiger partial charge in [0.05, 0.1) is 16.2 Å². The van der Waals surface area contributed by atoms with Gasteiger partial charge in [-0.15, -0.1) is 11.3 Å². The first-order chi connectivity index (χ1) is 10.1. The van der Waals surface area contributed by atoms with Crippen LogP contribution in [0.25, 0.3) is 21.8 Å². The molecule has 7 heteroatoms. The Morgan fingerprint density at radius 1 is 1.24 bits per heavy atom. The van der Waals surface area contributed by atoms with Crippen molar-refractivity contribution in [1.29, 1.82) is 0 Å². The molecule has 0 aliphatic heterocycles. The molecule has 0 atom stereocenters. The van der Waals surface area contributed by atoms with Crippen LogP contribution < -0.4 is 5.73 Å². The van der Waals surface area contributed by atoms with Crippen molar-refractivity contribution < 1.29 is 4.92 Å². The zero-order chi connectivity index (χ0) is 14.8. The Kier molecular flexibility index (Phi) is 3.33. The number of hydrogen-bond acceptors (Lipinski definition) is 6. The molecule has 3 rings (SSSR count). The highest BCUT2D eigenvalue weighted by Crippen LogP contribution is 2.32. The smallest absolute Gasteiger partial charge is 0.270 e. The lowest BCUT2D eigenvalue weighted by Crippen LogP contribution is -1.92. The highest BCUT2D eigenvalue weighted by Gasteiger charge is 2.12. The minimum atomic E-state index is -0.421. The van der Waals surface area contributed by atoms with Crippen LogP contribution in [-0.4, -0.2) is 14.9 Å². The molecule has 0 aliphatic rings. The van der Waals surface area contributed by atoms with E-state index in [1.165, 1.54) is 23.5 Å². The van der Waals surface area contributed by atoms with Crippen LogP contribution >= 0.6 is 11.3 Å². The molecule has 0 bridgehead atoms. The molecule has 6 nitrogen and oxygen atoms in total. The summed E-state index contributed by atoms with van der Waals surface area (Å²) in [6.07, 6.45) is 1.62. The number of anilines is 1. The van der Waals surface area contributed by atoms with Gasteiger partial charge in [-0.3, -0.25) is 10.1 Å². The maximum atomic E-state index is 10.8. The maximum absolute atomic E-state index is 10.8. The zero-order valence-electron chi connectivity index (χ0n) is 10.8. The van der Waals surface area contributed by atoms with E-state index in [9.17, 15) is 10.1 Å². The Balaban J connectivity index is 2.01. The van der Waals surface area contributed by atoms with E-state index in [0.29, 0.717) is 17.1 Å². The highest BCUT2D eigenvalue weighted by molar-refractivity contribution is 7.13. The van der Waals surface area contributed by atoms with Crippen LogP contribution in [0.1, 0.15) is 0 Å².